The molecule has 0 spiro atoms. The normalized spacial score (nSPS) is 14.6. The largest absolute Gasteiger partial charge is 0.366 e. The van der Waals surface area contributed by atoms with Crippen molar-refractivity contribution in [1.82, 2.24) is 4.90 Å². The molecule has 0 aromatic heterocycles. The van der Waals surface area contributed by atoms with Crippen molar-refractivity contribution < 1.29 is 0 Å². The van der Waals surface area contributed by atoms with Crippen molar-refractivity contribution in [2.45, 2.75) is 109 Å². The Morgan fingerprint density at radius 3 is 1.81 bits per heavy atom. The molecule has 0 radical (unpaired) electrons. The molecule has 0 amide bonds. The van der Waals surface area contributed by atoms with E-state index in [1.165, 1.54) is 102 Å². The third kappa shape index (κ3) is 16.9. The summed E-state index contributed by atoms with van der Waals surface area (Å²) in [6.07, 6.45) is 22.6. The Balaban J connectivity index is 0.00000625. The third-order valence-corrected chi connectivity index (χ3v) is 7.04. The van der Waals surface area contributed by atoms with Crippen LogP contribution < -0.4 is 0 Å². The van der Waals surface area contributed by atoms with Gasteiger partial charge in [-0.3, -0.25) is 0 Å². The molecule has 0 aliphatic carbocycles. The first kappa shape index (κ1) is 26.7. The predicted molar refractivity (Wildman–Crippen MR) is 131 cm³/mol. The van der Waals surface area contributed by atoms with Crippen LogP contribution in [0.1, 0.15) is 104 Å². The molecule has 0 aromatic carbocycles. The standard InChI is InChI=1S/C22H43NS2.BrH/c1-3-4-5-6-7-8-9-10-11-12-13-14-15-16-18-25-22(2)20-23-17-19-24-21-23;/h17,19,22H,3-16,18,20-21H2,1-2H3;1H. The van der Waals surface area contributed by atoms with Crippen molar-refractivity contribution in [3.05, 3.63) is 11.6 Å². The Bertz CT molecular complexity index is 313. The van der Waals surface area contributed by atoms with E-state index in [1.54, 1.807) is 0 Å². The first-order valence-corrected chi connectivity index (χ1v) is 13.1. The minimum absolute atomic E-state index is 0. The summed E-state index contributed by atoms with van der Waals surface area (Å²) in [6, 6.07) is 0. The highest BCUT2D eigenvalue weighted by molar-refractivity contribution is 8.93. The van der Waals surface area contributed by atoms with Gasteiger partial charge in [-0.05, 0) is 17.6 Å². The van der Waals surface area contributed by atoms with Crippen LogP contribution in [0, 0.1) is 0 Å². The number of thioether (sulfide) groups is 2. The fraction of sp³-hybridized carbons (Fsp3) is 0.909. The molecule has 1 unspecified atom stereocenters. The third-order valence-electron chi connectivity index (χ3n) is 5.00. The van der Waals surface area contributed by atoms with E-state index in [0.717, 1.165) is 11.1 Å². The van der Waals surface area contributed by atoms with E-state index in [1.807, 2.05) is 11.8 Å². The van der Waals surface area contributed by atoms with Gasteiger partial charge in [-0.15, -0.1) is 28.7 Å². The molecule has 0 saturated carbocycles. The van der Waals surface area contributed by atoms with Gasteiger partial charge in [-0.2, -0.15) is 11.8 Å². The van der Waals surface area contributed by atoms with Gasteiger partial charge in [0.15, 0.2) is 0 Å². The topological polar surface area (TPSA) is 3.24 Å². The fourth-order valence-corrected chi connectivity index (χ4v) is 5.19. The number of hydrogen-bond acceptors (Lipinski definition) is 3. The maximum Gasteiger partial charge on any atom is 0.0675 e. The second-order valence-corrected chi connectivity index (χ2v) is 10.0. The molecule has 1 nitrogen and oxygen atoms in total. The van der Waals surface area contributed by atoms with Gasteiger partial charge in [0, 0.05) is 18.0 Å². The number of nitrogens with zero attached hydrogens (tertiary/aromatic N) is 1. The molecular weight excluding hydrogens is 422 g/mol. The van der Waals surface area contributed by atoms with Gasteiger partial charge in [0.1, 0.15) is 0 Å². The molecule has 0 bridgehead atoms. The lowest BCUT2D eigenvalue weighted by molar-refractivity contribution is 0.451. The van der Waals surface area contributed by atoms with Crippen LogP contribution in [0.25, 0.3) is 0 Å². The molecule has 1 heterocycles. The quantitative estimate of drug-likeness (QED) is 0.186. The van der Waals surface area contributed by atoms with Crippen LogP contribution >= 0.6 is 40.5 Å². The van der Waals surface area contributed by atoms with Gasteiger partial charge in [-0.1, -0.05) is 97.3 Å². The summed E-state index contributed by atoms with van der Waals surface area (Å²) in [6.45, 7) is 5.89. The van der Waals surface area contributed by atoms with Crippen molar-refractivity contribution in [2.24, 2.45) is 0 Å². The Kier molecular flexibility index (Phi) is 21.0. The number of unbranched alkanes of at least 4 members (excludes halogenated alkanes) is 13. The maximum atomic E-state index is 2.44. The zero-order valence-electron chi connectivity index (χ0n) is 17.4. The number of halogens is 1. The predicted octanol–water partition coefficient (Wildman–Crippen LogP) is 8.64. The van der Waals surface area contributed by atoms with Crippen molar-refractivity contribution in [3.63, 3.8) is 0 Å². The van der Waals surface area contributed by atoms with Gasteiger partial charge >= 0.3 is 0 Å². The second kappa shape index (κ2) is 20.5. The average Bonchev–Trinajstić information content (AvgIpc) is 3.11. The van der Waals surface area contributed by atoms with E-state index in [-0.39, 0.29) is 17.0 Å². The summed E-state index contributed by atoms with van der Waals surface area (Å²) < 4.78 is 0. The Labute approximate surface area is 183 Å². The molecule has 156 valence electrons. The summed E-state index contributed by atoms with van der Waals surface area (Å²) in [5, 5.41) is 2.98. The number of rotatable bonds is 18. The van der Waals surface area contributed by atoms with Crippen LogP contribution in [0.4, 0.5) is 0 Å². The zero-order chi connectivity index (χ0) is 18.0. The van der Waals surface area contributed by atoms with Crippen LogP contribution in [0.2, 0.25) is 0 Å². The van der Waals surface area contributed by atoms with Crippen LogP contribution in [-0.4, -0.2) is 28.3 Å². The lowest BCUT2D eigenvalue weighted by atomic mass is 10.0. The van der Waals surface area contributed by atoms with Gasteiger partial charge < -0.3 is 4.90 Å². The highest BCUT2D eigenvalue weighted by Gasteiger charge is 2.09. The minimum Gasteiger partial charge on any atom is -0.366 e. The molecule has 26 heavy (non-hydrogen) atoms. The average molecular weight is 467 g/mol. The molecule has 1 rings (SSSR count). The van der Waals surface area contributed by atoms with Crippen molar-refractivity contribution in [2.75, 3.05) is 18.2 Å². The Morgan fingerprint density at radius 2 is 1.35 bits per heavy atom. The summed E-state index contributed by atoms with van der Waals surface area (Å²) in [7, 11) is 0. The highest BCUT2D eigenvalue weighted by Crippen LogP contribution is 2.20. The molecule has 0 fully saturated rings. The molecular formula is C22H44BrNS2. The number of hydrogen-bond donors (Lipinski definition) is 0. The Morgan fingerprint density at radius 1 is 0.846 bits per heavy atom. The van der Waals surface area contributed by atoms with Gasteiger partial charge in [-0.25, -0.2) is 0 Å². The van der Waals surface area contributed by atoms with Gasteiger partial charge in [0.05, 0.1) is 5.88 Å². The molecule has 0 saturated heterocycles. The summed E-state index contributed by atoms with van der Waals surface area (Å²) >= 11 is 4.07. The fourth-order valence-electron chi connectivity index (χ4n) is 3.39. The lowest BCUT2D eigenvalue weighted by Gasteiger charge is -2.19. The molecule has 0 aromatic rings. The van der Waals surface area contributed by atoms with Crippen LogP contribution in [0.15, 0.2) is 11.6 Å². The van der Waals surface area contributed by atoms with Crippen LogP contribution in [0.3, 0.4) is 0 Å². The lowest BCUT2D eigenvalue weighted by Crippen LogP contribution is -2.22. The van der Waals surface area contributed by atoms with Crippen molar-refractivity contribution in [3.8, 4) is 0 Å². The first-order chi connectivity index (χ1) is 12.3. The zero-order valence-corrected chi connectivity index (χ0v) is 20.8. The van der Waals surface area contributed by atoms with E-state index < -0.39 is 0 Å². The summed E-state index contributed by atoms with van der Waals surface area (Å²) in [5.41, 5.74) is 0. The van der Waals surface area contributed by atoms with E-state index in [0.29, 0.717) is 0 Å². The van der Waals surface area contributed by atoms with E-state index in [9.17, 15) is 0 Å². The van der Waals surface area contributed by atoms with E-state index in [2.05, 4.69) is 42.1 Å². The smallest absolute Gasteiger partial charge is 0.0675 e. The van der Waals surface area contributed by atoms with E-state index >= 15 is 0 Å². The molecule has 1 atom stereocenters. The molecule has 0 N–H and O–H groups in total. The monoisotopic (exact) mass is 465 g/mol. The van der Waals surface area contributed by atoms with E-state index in [4.69, 9.17) is 0 Å². The SMILES string of the molecule is Br.CCCCCCCCCCCCCCCCSC(C)CN1C=CSC1. The summed E-state index contributed by atoms with van der Waals surface area (Å²) in [4.78, 5) is 2.44. The van der Waals surface area contributed by atoms with Crippen molar-refractivity contribution >= 4 is 40.5 Å². The molecule has 1 aliphatic rings. The van der Waals surface area contributed by atoms with Crippen LogP contribution in [-0.2, 0) is 0 Å². The summed E-state index contributed by atoms with van der Waals surface area (Å²) in [5.74, 6) is 2.51. The van der Waals surface area contributed by atoms with Crippen molar-refractivity contribution in [1.29, 1.82) is 0 Å². The van der Waals surface area contributed by atoms with Gasteiger partial charge in [0.2, 0.25) is 0 Å². The highest BCUT2D eigenvalue weighted by atomic mass is 79.9. The van der Waals surface area contributed by atoms with Gasteiger partial charge in [0.25, 0.3) is 0 Å². The minimum atomic E-state index is 0. The Hall–Kier alpha value is 0.720. The van der Waals surface area contributed by atoms with Crippen LogP contribution in [0.5, 0.6) is 0 Å². The second-order valence-electron chi connectivity index (χ2n) is 7.63. The molecule has 4 heteroatoms. The molecule has 1 aliphatic heterocycles. The maximum absolute atomic E-state index is 2.44. The first-order valence-electron chi connectivity index (χ1n) is 11.0.